The molecule has 1 aliphatic rings. The predicted molar refractivity (Wildman–Crippen MR) is 70.5 cm³/mol. The summed E-state index contributed by atoms with van der Waals surface area (Å²) < 4.78 is 8.31. The van der Waals surface area contributed by atoms with Crippen LogP contribution in [0.25, 0.3) is 0 Å². The molecule has 0 amide bonds. The lowest BCUT2D eigenvalue weighted by molar-refractivity contribution is 0.0595. The fraction of sp³-hybridized carbons (Fsp3) is 0.500. The van der Waals surface area contributed by atoms with Gasteiger partial charge < -0.3 is 10.1 Å². The van der Waals surface area contributed by atoms with Gasteiger partial charge in [0.15, 0.2) is 5.82 Å². The van der Waals surface area contributed by atoms with Crippen molar-refractivity contribution in [2.45, 2.75) is 25.9 Å². The van der Waals surface area contributed by atoms with E-state index in [0.29, 0.717) is 5.82 Å². The third-order valence-corrected chi connectivity index (χ3v) is 3.44. The average Bonchev–Trinajstić information content (AvgIpc) is 3.12. The summed E-state index contributed by atoms with van der Waals surface area (Å²) in [4.78, 5) is 11.6. The number of carbonyl (C=O) groups excluding carboxylic acids is 1. The summed E-state index contributed by atoms with van der Waals surface area (Å²) in [6, 6.07) is 0.0393. The van der Waals surface area contributed by atoms with E-state index in [1.165, 1.54) is 7.11 Å². The number of hydrogen-bond acceptors (Lipinski definition) is 6. The zero-order valence-electron chi connectivity index (χ0n) is 11.4. The van der Waals surface area contributed by atoms with Crippen molar-refractivity contribution < 1.29 is 9.53 Å². The van der Waals surface area contributed by atoms with Gasteiger partial charge in [-0.3, -0.25) is 4.68 Å². The van der Waals surface area contributed by atoms with Gasteiger partial charge in [-0.15, -0.1) is 5.10 Å². The van der Waals surface area contributed by atoms with Crippen LogP contribution in [-0.2, 0) is 11.3 Å². The molecule has 0 saturated carbocycles. The maximum absolute atomic E-state index is 11.6. The molecule has 2 aromatic rings. The smallest absolute Gasteiger partial charge is 0.362 e. The summed E-state index contributed by atoms with van der Waals surface area (Å²) in [5.41, 5.74) is 1.29. The standard InChI is InChI=1S/C12H16N6O2/c1-3-17-7-8(6-14-17)9-4-5-13-11-10(12(19)20-2)15-16-18(9)11/h6-7,9,13H,3-5H2,1-2H3. The van der Waals surface area contributed by atoms with Crippen LogP contribution in [-0.4, -0.2) is 44.4 Å². The lowest BCUT2D eigenvalue weighted by Crippen LogP contribution is -2.25. The largest absolute Gasteiger partial charge is 0.464 e. The first-order valence-electron chi connectivity index (χ1n) is 6.54. The average molecular weight is 276 g/mol. The van der Waals surface area contributed by atoms with Crippen molar-refractivity contribution in [3.63, 3.8) is 0 Å². The van der Waals surface area contributed by atoms with Gasteiger partial charge in [-0.25, -0.2) is 9.48 Å². The molecular formula is C12H16N6O2. The molecule has 2 aromatic heterocycles. The first kappa shape index (κ1) is 12.6. The highest BCUT2D eigenvalue weighted by Gasteiger charge is 2.29. The number of rotatable bonds is 3. The zero-order valence-corrected chi connectivity index (χ0v) is 11.4. The van der Waals surface area contributed by atoms with Gasteiger partial charge in [0.2, 0.25) is 5.69 Å². The number of carbonyl (C=O) groups is 1. The van der Waals surface area contributed by atoms with Crippen LogP contribution in [0.5, 0.6) is 0 Å². The summed E-state index contributed by atoms with van der Waals surface area (Å²) in [6.45, 7) is 3.61. The van der Waals surface area contributed by atoms with Gasteiger partial charge in [-0.2, -0.15) is 5.10 Å². The molecule has 0 saturated heterocycles. The Morgan fingerprint density at radius 3 is 3.15 bits per heavy atom. The number of ether oxygens (including phenoxy) is 1. The normalized spacial score (nSPS) is 17.4. The van der Waals surface area contributed by atoms with Crippen LogP contribution < -0.4 is 5.32 Å². The number of fused-ring (bicyclic) bond motifs is 1. The Hall–Kier alpha value is -2.38. The molecule has 1 N–H and O–H groups in total. The van der Waals surface area contributed by atoms with E-state index in [9.17, 15) is 4.79 Å². The highest BCUT2D eigenvalue weighted by Crippen LogP contribution is 2.30. The van der Waals surface area contributed by atoms with Gasteiger partial charge in [0, 0.05) is 24.8 Å². The molecule has 0 aliphatic carbocycles. The Morgan fingerprint density at radius 2 is 2.45 bits per heavy atom. The molecule has 0 bridgehead atoms. The molecule has 0 fully saturated rings. The van der Waals surface area contributed by atoms with Crippen molar-refractivity contribution in [1.82, 2.24) is 24.8 Å². The van der Waals surface area contributed by atoms with Gasteiger partial charge in [0.05, 0.1) is 19.3 Å². The topological polar surface area (TPSA) is 86.9 Å². The van der Waals surface area contributed by atoms with E-state index in [1.54, 1.807) is 4.68 Å². The minimum atomic E-state index is -0.483. The van der Waals surface area contributed by atoms with E-state index in [0.717, 1.165) is 25.1 Å². The minimum absolute atomic E-state index is 0.0393. The molecule has 20 heavy (non-hydrogen) atoms. The third kappa shape index (κ3) is 1.93. The lowest BCUT2D eigenvalue weighted by Gasteiger charge is -2.24. The molecule has 1 aliphatic heterocycles. The van der Waals surface area contributed by atoms with Crippen molar-refractivity contribution in [3.8, 4) is 0 Å². The summed E-state index contributed by atoms with van der Waals surface area (Å²) >= 11 is 0. The fourth-order valence-corrected chi connectivity index (χ4v) is 2.39. The highest BCUT2D eigenvalue weighted by molar-refractivity contribution is 5.92. The van der Waals surface area contributed by atoms with E-state index in [4.69, 9.17) is 4.74 Å². The Morgan fingerprint density at radius 1 is 1.60 bits per heavy atom. The minimum Gasteiger partial charge on any atom is -0.464 e. The molecule has 8 heteroatoms. The van der Waals surface area contributed by atoms with E-state index in [1.807, 2.05) is 24.0 Å². The van der Waals surface area contributed by atoms with E-state index in [-0.39, 0.29) is 11.7 Å². The second-order valence-electron chi connectivity index (χ2n) is 4.58. The molecule has 1 atom stereocenters. The maximum Gasteiger partial charge on any atom is 0.362 e. The number of hydrogen-bond donors (Lipinski definition) is 1. The van der Waals surface area contributed by atoms with Crippen LogP contribution in [0, 0.1) is 0 Å². The fourth-order valence-electron chi connectivity index (χ4n) is 2.39. The second-order valence-corrected chi connectivity index (χ2v) is 4.58. The lowest BCUT2D eigenvalue weighted by atomic mass is 10.1. The van der Waals surface area contributed by atoms with E-state index < -0.39 is 5.97 Å². The van der Waals surface area contributed by atoms with Crippen molar-refractivity contribution in [2.75, 3.05) is 19.0 Å². The summed E-state index contributed by atoms with van der Waals surface area (Å²) in [5.74, 6) is 0.126. The van der Waals surface area contributed by atoms with Gasteiger partial charge in [-0.05, 0) is 13.3 Å². The maximum atomic E-state index is 11.6. The number of nitrogens with one attached hydrogen (secondary N) is 1. The van der Waals surface area contributed by atoms with Gasteiger partial charge in [-0.1, -0.05) is 5.21 Å². The molecule has 8 nitrogen and oxygen atoms in total. The predicted octanol–water partition coefficient (Wildman–Crippen LogP) is 0.686. The molecule has 106 valence electrons. The quantitative estimate of drug-likeness (QED) is 0.830. The van der Waals surface area contributed by atoms with Crippen molar-refractivity contribution in [3.05, 3.63) is 23.7 Å². The SMILES string of the molecule is CCn1cc(C2CCNc3c(C(=O)OC)nnn32)cn1. The van der Waals surface area contributed by atoms with Gasteiger partial charge in [0.1, 0.15) is 0 Å². The number of methoxy groups -OCH3 is 1. The van der Waals surface area contributed by atoms with Crippen LogP contribution in [0.4, 0.5) is 5.82 Å². The van der Waals surface area contributed by atoms with Crippen molar-refractivity contribution >= 4 is 11.8 Å². The Labute approximate surface area is 115 Å². The first-order chi connectivity index (χ1) is 9.74. The Balaban J connectivity index is 1.98. The summed E-state index contributed by atoms with van der Waals surface area (Å²) in [6.07, 6.45) is 4.70. The monoisotopic (exact) mass is 276 g/mol. The third-order valence-electron chi connectivity index (χ3n) is 3.44. The summed E-state index contributed by atoms with van der Waals surface area (Å²) in [7, 11) is 1.33. The van der Waals surface area contributed by atoms with Gasteiger partial charge >= 0.3 is 5.97 Å². The van der Waals surface area contributed by atoms with E-state index >= 15 is 0 Å². The highest BCUT2D eigenvalue weighted by atomic mass is 16.5. The molecule has 3 heterocycles. The number of aromatic nitrogens is 5. The second kappa shape index (κ2) is 4.95. The van der Waals surface area contributed by atoms with E-state index in [2.05, 4.69) is 20.7 Å². The van der Waals surface area contributed by atoms with Crippen molar-refractivity contribution in [1.29, 1.82) is 0 Å². The zero-order chi connectivity index (χ0) is 14.1. The van der Waals surface area contributed by atoms with Crippen LogP contribution in [0.2, 0.25) is 0 Å². The summed E-state index contributed by atoms with van der Waals surface area (Å²) in [5, 5.41) is 15.4. The number of esters is 1. The molecule has 3 rings (SSSR count). The van der Waals surface area contributed by atoms with Crippen LogP contribution >= 0.6 is 0 Å². The molecule has 0 spiro atoms. The molecule has 0 radical (unpaired) electrons. The Bertz CT molecular complexity index is 632. The first-order valence-corrected chi connectivity index (χ1v) is 6.54. The van der Waals surface area contributed by atoms with Crippen LogP contribution in [0.1, 0.15) is 35.4 Å². The van der Waals surface area contributed by atoms with Gasteiger partial charge in [0.25, 0.3) is 0 Å². The Kier molecular flexibility index (Phi) is 3.13. The number of nitrogens with zero attached hydrogens (tertiary/aromatic N) is 5. The van der Waals surface area contributed by atoms with Crippen LogP contribution in [0.3, 0.4) is 0 Å². The molecular weight excluding hydrogens is 260 g/mol. The number of aryl methyl sites for hydroxylation is 1. The van der Waals surface area contributed by atoms with Crippen molar-refractivity contribution in [2.24, 2.45) is 0 Å². The molecule has 1 unspecified atom stereocenters. The molecule has 0 aromatic carbocycles. The van der Waals surface area contributed by atoms with Crippen LogP contribution in [0.15, 0.2) is 12.4 Å². The number of anilines is 1.